The molecule has 0 aliphatic heterocycles. The number of hydrogen-bond acceptors (Lipinski definition) is 4. The first kappa shape index (κ1) is 16.5. The maximum atomic E-state index is 9.54. The van der Waals surface area contributed by atoms with E-state index in [0.29, 0.717) is 13.1 Å². The Labute approximate surface area is 136 Å². The lowest BCUT2D eigenvalue weighted by atomic mass is 10.2. The minimum absolute atomic E-state index is 0.217. The highest BCUT2D eigenvalue weighted by molar-refractivity contribution is 6.18. The molecule has 0 amide bonds. The lowest BCUT2D eigenvalue weighted by molar-refractivity contribution is 0.211. The minimum Gasteiger partial charge on any atom is -0.497 e. The van der Waals surface area contributed by atoms with Crippen LogP contribution >= 0.6 is 11.6 Å². The monoisotopic (exact) mass is 320 g/mol. The van der Waals surface area contributed by atoms with Gasteiger partial charge >= 0.3 is 0 Å². The van der Waals surface area contributed by atoms with Crippen LogP contribution in [0.4, 0.5) is 11.4 Å². The summed E-state index contributed by atoms with van der Waals surface area (Å²) in [5.74, 6) is 1.06. The number of rotatable bonds is 8. The van der Waals surface area contributed by atoms with Gasteiger partial charge in [-0.15, -0.1) is 11.6 Å². The first-order valence-corrected chi connectivity index (χ1v) is 7.70. The molecule has 0 aliphatic carbocycles. The average molecular weight is 321 g/mol. The van der Waals surface area contributed by atoms with E-state index in [2.05, 4.69) is 10.6 Å². The van der Waals surface area contributed by atoms with Gasteiger partial charge in [0.1, 0.15) is 5.75 Å². The van der Waals surface area contributed by atoms with Crippen molar-refractivity contribution >= 4 is 23.0 Å². The molecule has 0 saturated carbocycles. The van der Waals surface area contributed by atoms with Crippen LogP contribution in [-0.4, -0.2) is 30.7 Å². The number of para-hydroxylation sites is 2. The first-order chi connectivity index (χ1) is 10.7. The van der Waals surface area contributed by atoms with Crippen molar-refractivity contribution in [3.05, 3.63) is 54.1 Å². The van der Waals surface area contributed by atoms with E-state index in [4.69, 9.17) is 16.3 Å². The van der Waals surface area contributed by atoms with Gasteiger partial charge in [-0.25, -0.2) is 0 Å². The van der Waals surface area contributed by atoms with E-state index in [1.165, 1.54) is 0 Å². The third-order valence-electron chi connectivity index (χ3n) is 3.28. The van der Waals surface area contributed by atoms with E-state index >= 15 is 0 Å². The van der Waals surface area contributed by atoms with Crippen molar-refractivity contribution < 1.29 is 9.84 Å². The highest BCUT2D eigenvalue weighted by Crippen LogP contribution is 2.22. The Morgan fingerprint density at radius 2 is 1.68 bits per heavy atom. The molecule has 0 fully saturated rings. The summed E-state index contributed by atoms with van der Waals surface area (Å²) in [5, 5.41) is 16.1. The maximum Gasteiger partial charge on any atom is 0.118 e. The van der Waals surface area contributed by atoms with E-state index in [9.17, 15) is 5.11 Å². The van der Waals surface area contributed by atoms with Crippen molar-refractivity contribution in [2.45, 2.75) is 12.6 Å². The van der Waals surface area contributed by atoms with Crippen molar-refractivity contribution in [2.75, 3.05) is 30.2 Å². The molecule has 5 heteroatoms. The van der Waals surface area contributed by atoms with Gasteiger partial charge in [0.2, 0.25) is 0 Å². The molecule has 1 unspecified atom stereocenters. The van der Waals surface area contributed by atoms with E-state index in [-0.39, 0.29) is 5.88 Å². The van der Waals surface area contributed by atoms with Gasteiger partial charge in [0, 0.05) is 13.1 Å². The smallest absolute Gasteiger partial charge is 0.118 e. The summed E-state index contributed by atoms with van der Waals surface area (Å²) < 4.78 is 5.15. The molecule has 118 valence electrons. The number of ether oxygens (including phenoxy) is 1. The van der Waals surface area contributed by atoms with Crippen LogP contribution in [0.2, 0.25) is 0 Å². The molecule has 0 heterocycles. The van der Waals surface area contributed by atoms with Crippen molar-refractivity contribution in [3.63, 3.8) is 0 Å². The van der Waals surface area contributed by atoms with Gasteiger partial charge in [0.05, 0.1) is 30.5 Å². The molecule has 0 radical (unpaired) electrons. The number of methoxy groups -OCH3 is 1. The molecule has 2 aromatic rings. The zero-order valence-corrected chi connectivity index (χ0v) is 13.3. The lowest BCUT2D eigenvalue weighted by Gasteiger charge is -2.15. The number of alkyl halides is 1. The van der Waals surface area contributed by atoms with Crippen LogP contribution in [-0.2, 0) is 6.54 Å². The van der Waals surface area contributed by atoms with Crippen molar-refractivity contribution in [3.8, 4) is 5.75 Å². The maximum absolute atomic E-state index is 9.54. The van der Waals surface area contributed by atoms with Crippen LogP contribution in [0, 0.1) is 0 Å². The molecule has 0 aliphatic rings. The summed E-state index contributed by atoms with van der Waals surface area (Å²) in [6, 6.07) is 15.8. The number of hydrogen-bond donors (Lipinski definition) is 3. The SMILES string of the molecule is COc1ccc(CNc2ccccc2NCC(O)CCl)cc1. The third kappa shape index (κ3) is 4.83. The summed E-state index contributed by atoms with van der Waals surface area (Å²) in [4.78, 5) is 0. The number of anilines is 2. The molecule has 2 aromatic carbocycles. The summed E-state index contributed by atoms with van der Waals surface area (Å²) in [6.45, 7) is 1.13. The molecule has 22 heavy (non-hydrogen) atoms. The van der Waals surface area contributed by atoms with E-state index < -0.39 is 6.10 Å². The van der Waals surface area contributed by atoms with Crippen molar-refractivity contribution in [2.24, 2.45) is 0 Å². The van der Waals surface area contributed by atoms with Crippen LogP contribution in [0.3, 0.4) is 0 Å². The average Bonchev–Trinajstić information content (AvgIpc) is 2.59. The van der Waals surface area contributed by atoms with E-state index in [0.717, 1.165) is 22.7 Å². The predicted molar refractivity (Wildman–Crippen MR) is 92.0 cm³/mol. The van der Waals surface area contributed by atoms with Crippen LogP contribution in [0.25, 0.3) is 0 Å². The van der Waals surface area contributed by atoms with Crippen molar-refractivity contribution in [1.29, 1.82) is 0 Å². The van der Waals surface area contributed by atoms with Gasteiger partial charge in [0.15, 0.2) is 0 Å². The summed E-state index contributed by atoms with van der Waals surface area (Å²) in [5.41, 5.74) is 3.09. The van der Waals surface area contributed by atoms with Crippen LogP contribution < -0.4 is 15.4 Å². The number of halogens is 1. The molecule has 3 N–H and O–H groups in total. The highest BCUT2D eigenvalue weighted by atomic mass is 35.5. The zero-order valence-electron chi connectivity index (χ0n) is 12.6. The fraction of sp³-hybridized carbons (Fsp3) is 0.294. The van der Waals surface area contributed by atoms with Gasteiger partial charge in [-0.1, -0.05) is 24.3 Å². The molecule has 1 atom stereocenters. The highest BCUT2D eigenvalue weighted by Gasteiger charge is 2.05. The predicted octanol–water partition coefficient (Wildman–Crippen LogP) is 3.32. The molecule has 0 aromatic heterocycles. The molecular weight excluding hydrogens is 300 g/mol. The second-order valence-electron chi connectivity index (χ2n) is 4.94. The normalized spacial score (nSPS) is 11.8. The molecule has 0 bridgehead atoms. The van der Waals surface area contributed by atoms with E-state index in [1.54, 1.807) is 7.11 Å². The number of aliphatic hydroxyl groups is 1. The minimum atomic E-state index is -0.559. The summed E-state index contributed by atoms with van der Waals surface area (Å²) >= 11 is 5.61. The van der Waals surface area contributed by atoms with Gasteiger partial charge in [0.25, 0.3) is 0 Å². The number of benzene rings is 2. The molecular formula is C17H21ClN2O2. The Bertz CT molecular complexity index is 575. The second-order valence-corrected chi connectivity index (χ2v) is 5.24. The molecule has 0 saturated heterocycles. The summed E-state index contributed by atoms with van der Waals surface area (Å²) in [6.07, 6.45) is -0.559. The Morgan fingerprint density at radius 3 is 2.27 bits per heavy atom. The van der Waals surface area contributed by atoms with Gasteiger partial charge in [-0.05, 0) is 29.8 Å². The van der Waals surface area contributed by atoms with Gasteiger partial charge in [-0.2, -0.15) is 0 Å². The fourth-order valence-electron chi connectivity index (χ4n) is 2.01. The zero-order chi connectivity index (χ0) is 15.8. The van der Waals surface area contributed by atoms with Crippen LogP contribution in [0.15, 0.2) is 48.5 Å². The molecule has 2 rings (SSSR count). The second kappa shape index (κ2) is 8.51. The Hall–Kier alpha value is -1.91. The molecule has 4 nitrogen and oxygen atoms in total. The van der Waals surface area contributed by atoms with Crippen LogP contribution in [0.1, 0.15) is 5.56 Å². The molecule has 0 spiro atoms. The standard InChI is InChI=1S/C17H21ClN2O2/c1-22-15-8-6-13(7-9-15)11-19-16-4-2-3-5-17(16)20-12-14(21)10-18/h2-9,14,19-21H,10-12H2,1H3. The number of aliphatic hydroxyl groups excluding tert-OH is 1. The fourth-order valence-corrected chi connectivity index (χ4v) is 2.12. The third-order valence-corrected chi connectivity index (χ3v) is 3.63. The van der Waals surface area contributed by atoms with Crippen molar-refractivity contribution in [1.82, 2.24) is 0 Å². The largest absolute Gasteiger partial charge is 0.497 e. The Balaban J connectivity index is 1.96. The Morgan fingerprint density at radius 1 is 1.05 bits per heavy atom. The Kier molecular flexibility index (Phi) is 6.37. The van der Waals surface area contributed by atoms with E-state index in [1.807, 2.05) is 48.5 Å². The summed E-state index contributed by atoms with van der Waals surface area (Å²) in [7, 11) is 1.66. The lowest BCUT2D eigenvalue weighted by Crippen LogP contribution is -2.21. The quantitative estimate of drug-likeness (QED) is 0.653. The first-order valence-electron chi connectivity index (χ1n) is 7.16. The van der Waals surface area contributed by atoms with Crippen LogP contribution in [0.5, 0.6) is 5.75 Å². The topological polar surface area (TPSA) is 53.5 Å². The van der Waals surface area contributed by atoms with Gasteiger partial charge < -0.3 is 20.5 Å². The van der Waals surface area contributed by atoms with Gasteiger partial charge in [-0.3, -0.25) is 0 Å². The number of nitrogens with one attached hydrogen (secondary N) is 2.